The van der Waals surface area contributed by atoms with E-state index in [-0.39, 0.29) is 11.8 Å². The molecule has 2 atom stereocenters. The lowest BCUT2D eigenvalue weighted by atomic mass is 9.96. The van der Waals surface area contributed by atoms with Gasteiger partial charge in [-0.05, 0) is 31.9 Å². The van der Waals surface area contributed by atoms with Gasteiger partial charge in [0.25, 0.3) is 0 Å². The highest BCUT2D eigenvalue weighted by molar-refractivity contribution is 5.78. The van der Waals surface area contributed by atoms with E-state index in [1.165, 1.54) is 5.56 Å². The number of aryl methyl sites for hydroxylation is 1. The lowest BCUT2D eigenvalue weighted by Crippen LogP contribution is -2.43. The molecule has 116 valence electrons. The van der Waals surface area contributed by atoms with Crippen LogP contribution < -0.4 is 0 Å². The lowest BCUT2D eigenvalue weighted by molar-refractivity contribution is -0.134. The molecule has 0 aliphatic carbocycles. The minimum absolute atomic E-state index is 0.0685. The van der Waals surface area contributed by atoms with Gasteiger partial charge < -0.3 is 10.0 Å². The Balaban J connectivity index is 1.93. The predicted octanol–water partition coefficient (Wildman–Crippen LogP) is 1.83. The number of benzene rings is 1. The summed E-state index contributed by atoms with van der Waals surface area (Å²) in [5.41, 5.74) is 2.14. The number of rotatable bonds is 4. The zero-order chi connectivity index (χ0) is 15.4. The third-order valence-corrected chi connectivity index (χ3v) is 4.19. The molecule has 1 aliphatic rings. The molecule has 1 aromatic carbocycles. The molecule has 1 aromatic rings. The van der Waals surface area contributed by atoms with Gasteiger partial charge in [0.1, 0.15) is 0 Å². The number of likely N-dealkylation sites (tertiary alicyclic amines) is 1. The monoisotopic (exact) mass is 290 g/mol. The van der Waals surface area contributed by atoms with Crippen LogP contribution in [-0.4, -0.2) is 54.5 Å². The van der Waals surface area contributed by atoms with Crippen molar-refractivity contribution in [3.8, 4) is 0 Å². The fourth-order valence-electron chi connectivity index (χ4n) is 2.93. The number of piperidine rings is 1. The van der Waals surface area contributed by atoms with Gasteiger partial charge in [-0.3, -0.25) is 9.69 Å². The molecule has 1 fully saturated rings. The highest BCUT2D eigenvalue weighted by atomic mass is 16.3. The SMILES string of the molecule is Cc1ccc(C(O)CN2CCCC(C(=O)N(C)C)C2)cc1. The Hall–Kier alpha value is -1.39. The largest absolute Gasteiger partial charge is 0.387 e. The first-order chi connectivity index (χ1) is 9.97. The summed E-state index contributed by atoms with van der Waals surface area (Å²) in [6.45, 7) is 4.35. The quantitative estimate of drug-likeness (QED) is 0.920. The fraction of sp³-hybridized carbons (Fsp3) is 0.588. The van der Waals surface area contributed by atoms with Gasteiger partial charge in [0, 0.05) is 27.2 Å². The first kappa shape index (κ1) is 16.0. The Morgan fingerprint density at radius 2 is 2.05 bits per heavy atom. The van der Waals surface area contributed by atoms with E-state index in [1.807, 2.05) is 45.3 Å². The summed E-state index contributed by atoms with van der Waals surface area (Å²) in [6, 6.07) is 8.00. The molecule has 0 bridgehead atoms. The molecule has 0 spiro atoms. The van der Waals surface area contributed by atoms with Crippen molar-refractivity contribution in [3.63, 3.8) is 0 Å². The maximum Gasteiger partial charge on any atom is 0.226 e. The molecular weight excluding hydrogens is 264 g/mol. The van der Waals surface area contributed by atoms with Gasteiger partial charge in [-0.25, -0.2) is 0 Å². The van der Waals surface area contributed by atoms with Gasteiger partial charge in [0.15, 0.2) is 0 Å². The predicted molar refractivity (Wildman–Crippen MR) is 84.0 cm³/mol. The number of β-amino-alcohol motifs (C(OH)–C–C–N with tert-alkyl or cyclic N) is 1. The van der Waals surface area contributed by atoms with Crippen LogP contribution in [0.4, 0.5) is 0 Å². The Morgan fingerprint density at radius 3 is 2.67 bits per heavy atom. The Kier molecular flexibility index (Phi) is 5.37. The van der Waals surface area contributed by atoms with Crippen molar-refractivity contribution in [3.05, 3.63) is 35.4 Å². The molecule has 2 unspecified atom stereocenters. The molecular formula is C17H26N2O2. The van der Waals surface area contributed by atoms with Crippen molar-refractivity contribution in [1.82, 2.24) is 9.80 Å². The topological polar surface area (TPSA) is 43.8 Å². The molecule has 0 saturated carbocycles. The summed E-state index contributed by atoms with van der Waals surface area (Å²) < 4.78 is 0. The average molecular weight is 290 g/mol. The first-order valence-electron chi connectivity index (χ1n) is 7.65. The molecule has 2 rings (SSSR count). The van der Waals surface area contributed by atoms with Gasteiger partial charge in [-0.15, -0.1) is 0 Å². The third-order valence-electron chi connectivity index (χ3n) is 4.19. The lowest BCUT2D eigenvalue weighted by Gasteiger charge is -2.34. The number of hydrogen-bond acceptors (Lipinski definition) is 3. The number of aliphatic hydroxyl groups excluding tert-OH is 1. The van der Waals surface area contributed by atoms with Crippen molar-refractivity contribution in [2.24, 2.45) is 5.92 Å². The second kappa shape index (κ2) is 7.05. The summed E-state index contributed by atoms with van der Waals surface area (Å²) in [7, 11) is 3.62. The van der Waals surface area contributed by atoms with E-state index in [0.717, 1.165) is 31.5 Å². The van der Waals surface area contributed by atoms with Crippen LogP contribution in [0.3, 0.4) is 0 Å². The second-order valence-corrected chi connectivity index (χ2v) is 6.26. The third kappa shape index (κ3) is 4.29. The number of hydrogen-bond donors (Lipinski definition) is 1. The van der Waals surface area contributed by atoms with E-state index < -0.39 is 6.10 Å². The van der Waals surface area contributed by atoms with Crippen molar-refractivity contribution in [2.45, 2.75) is 25.9 Å². The molecule has 1 amide bonds. The summed E-state index contributed by atoms with van der Waals surface area (Å²) in [6.07, 6.45) is 1.48. The van der Waals surface area contributed by atoms with Crippen molar-refractivity contribution >= 4 is 5.91 Å². The summed E-state index contributed by atoms with van der Waals surface area (Å²) >= 11 is 0. The average Bonchev–Trinajstić information content (AvgIpc) is 2.47. The van der Waals surface area contributed by atoms with Crippen LogP contribution in [0, 0.1) is 12.8 Å². The van der Waals surface area contributed by atoms with Gasteiger partial charge >= 0.3 is 0 Å². The number of amides is 1. The fourth-order valence-corrected chi connectivity index (χ4v) is 2.93. The summed E-state index contributed by atoms with van der Waals surface area (Å²) in [5, 5.41) is 10.4. The Morgan fingerprint density at radius 1 is 1.38 bits per heavy atom. The minimum Gasteiger partial charge on any atom is -0.387 e. The van der Waals surface area contributed by atoms with Gasteiger partial charge in [-0.2, -0.15) is 0 Å². The van der Waals surface area contributed by atoms with Gasteiger partial charge in [0.2, 0.25) is 5.91 Å². The van der Waals surface area contributed by atoms with E-state index in [2.05, 4.69) is 4.90 Å². The van der Waals surface area contributed by atoms with Crippen LogP contribution in [0.15, 0.2) is 24.3 Å². The zero-order valence-corrected chi connectivity index (χ0v) is 13.2. The van der Waals surface area contributed by atoms with Crippen LogP contribution in [0.5, 0.6) is 0 Å². The van der Waals surface area contributed by atoms with Crippen molar-refractivity contribution < 1.29 is 9.90 Å². The number of carbonyl (C=O) groups excluding carboxylic acids is 1. The number of nitrogens with zero attached hydrogens (tertiary/aromatic N) is 2. The van der Waals surface area contributed by atoms with E-state index in [1.54, 1.807) is 4.90 Å². The van der Waals surface area contributed by atoms with Crippen LogP contribution in [-0.2, 0) is 4.79 Å². The maximum absolute atomic E-state index is 12.1. The van der Waals surface area contributed by atoms with Crippen LogP contribution in [0.2, 0.25) is 0 Å². The van der Waals surface area contributed by atoms with Crippen LogP contribution in [0.1, 0.15) is 30.1 Å². The smallest absolute Gasteiger partial charge is 0.226 e. The maximum atomic E-state index is 12.1. The summed E-state index contributed by atoms with van der Waals surface area (Å²) in [4.78, 5) is 16.0. The van der Waals surface area contributed by atoms with Crippen LogP contribution >= 0.6 is 0 Å². The molecule has 1 aliphatic heterocycles. The summed E-state index contributed by atoms with van der Waals surface area (Å²) in [5.74, 6) is 0.267. The molecule has 1 saturated heterocycles. The number of aliphatic hydroxyl groups is 1. The van der Waals surface area contributed by atoms with Gasteiger partial charge in [0.05, 0.1) is 12.0 Å². The molecule has 1 heterocycles. The van der Waals surface area contributed by atoms with Crippen molar-refractivity contribution in [2.75, 3.05) is 33.7 Å². The zero-order valence-electron chi connectivity index (χ0n) is 13.2. The van der Waals surface area contributed by atoms with Crippen molar-refractivity contribution in [1.29, 1.82) is 0 Å². The molecule has 21 heavy (non-hydrogen) atoms. The Bertz CT molecular complexity index is 470. The standard InChI is InChI=1S/C17H26N2O2/c1-13-6-8-14(9-7-13)16(20)12-19-10-4-5-15(11-19)17(21)18(2)3/h6-9,15-16,20H,4-5,10-12H2,1-3H3. The Labute approximate surface area is 127 Å². The van der Waals surface area contributed by atoms with E-state index in [4.69, 9.17) is 0 Å². The number of carbonyl (C=O) groups is 1. The highest BCUT2D eigenvalue weighted by Gasteiger charge is 2.27. The van der Waals surface area contributed by atoms with E-state index >= 15 is 0 Å². The second-order valence-electron chi connectivity index (χ2n) is 6.26. The van der Waals surface area contributed by atoms with Gasteiger partial charge in [-0.1, -0.05) is 29.8 Å². The molecule has 4 heteroatoms. The molecule has 4 nitrogen and oxygen atoms in total. The van der Waals surface area contributed by atoms with Crippen LogP contribution in [0.25, 0.3) is 0 Å². The first-order valence-corrected chi connectivity index (χ1v) is 7.65. The molecule has 1 N–H and O–H groups in total. The normalized spacial score (nSPS) is 21.0. The highest BCUT2D eigenvalue weighted by Crippen LogP contribution is 2.21. The minimum atomic E-state index is -0.487. The molecule has 0 radical (unpaired) electrons. The van der Waals surface area contributed by atoms with E-state index in [0.29, 0.717) is 6.54 Å². The molecule has 0 aromatic heterocycles. The van der Waals surface area contributed by atoms with E-state index in [9.17, 15) is 9.90 Å².